The van der Waals surface area contributed by atoms with Gasteiger partial charge in [-0.3, -0.25) is 4.79 Å². The molecule has 0 spiro atoms. The third-order valence-electron chi connectivity index (χ3n) is 4.52. The van der Waals surface area contributed by atoms with E-state index in [0.717, 1.165) is 16.9 Å². The van der Waals surface area contributed by atoms with Crippen LogP contribution in [0.5, 0.6) is 0 Å². The molecule has 2 aromatic carbocycles. The van der Waals surface area contributed by atoms with Gasteiger partial charge in [-0.25, -0.2) is 9.18 Å². The summed E-state index contributed by atoms with van der Waals surface area (Å²) in [5.41, 5.74) is 2.65. The van der Waals surface area contributed by atoms with Crippen molar-refractivity contribution in [3.8, 4) is 11.1 Å². The molecule has 3 aromatic rings. The van der Waals surface area contributed by atoms with Crippen LogP contribution in [0.4, 0.5) is 4.39 Å². The topological polar surface area (TPSA) is 54.4 Å². The number of hydrogen-bond acceptors (Lipinski definition) is 3. The van der Waals surface area contributed by atoms with Gasteiger partial charge in [-0.2, -0.15) is 0 Å². The normalized spacial score (nSPS) is 12.0. The maximum absolute atomic E-state index is 14.6. The second kappa shape index (κ2) is 9.08. The van der Waals surface area contributed by atoms with Crippen LogP contribution < -0.4 is 0 Å². The monoisotopic (exact) mass is 450 g/mol. The zero-order valence-corrected chi connectivity index (χ0v) is 17.7. The molecule has 1 unspecified atom stereocenters. The lowest BCUT2D eigenvalue weighted by atomic mass is 9.98. The number of thiophene rings is 1. The van der Waals surface area contributed by atoms with Crippen LogP contribution in [0.25, 0.3) is 11.1 Å². The summed E-state index contributed by atoms with van der Waals surface area (Å²) < 4.78 is 14.6. The molecule has 0 saturated carbocycles. The van der Waals surface area contributed by atoms with Gasteiger partial charge < -0.3 is 5.11 Å². The van der Waals surface area contributed by atoms with Crippen molar-refractivity contribution in [2.75, 3.05) is 0 Å². The number of Topliss-reactive ketones (excluding diaryl/α,β-unsaturated/α-hetero) is 1. The van der Waals surface area contributed by atoms with E-state index in [2.05, 4.69) is 0 Å². The fraction of sp³-hybridized carbons (Fsp3) is 0.182. The second-order valence-electron chi connectivity index (χ2n) is 6.67. The quantitative estimate of drug-likeness (QED) is 0.451. The summed E-state index contributed by atoms with van der Waals surface area (Å²) in [5, 5.41) is 12.3. The van der Waals surface area contributed by atoms with Crippen molar-refractivity contribution in [2.24, 2.45) is 0 Å². The summed E-state index contributed by atoms with van der Waals surface area (Å²) in [6.07, 6.45) is -2.20. The Bertz CT molecular complexity index is 1060. The molecule has 29 heavy (non-hydrogen) atoms. The number of benzene rings is 2. The number of aryl methyl sites for hydroxylation is 1. The Morgan fingerprint density at radius 1 is 1.14 bits per heavy atom. The van der Waals surface area contributed by atoms with E-state index in [1.807, 2.05) is 13.0 Å². The molecule has 0 fully saturated rings. The van der Waals surface area contributed by atoms with E-state index in [1.165, 1.54) is 0 Å². The molecule has 1 atom stereocenters. The Balaban J connectivity index is 1.82. The fourth-order valence-electron chi connectivity index (χ4n) is 3.04. The van der Waals surface area contributed by atoms with Gasteiger partial charge in [0, 0.05) is 33.3 Å². The van der Waals surface area contributed by atoms with Gasteiger partial charge in [-0.1, -0.05) is 53.0 Å². The molecule has 3 rings (SSSR count). The standard InChI is InChI=1S/C22H17Cl2FO3S/c1-12-2-7-17(24)14(8-12)9-18(25)19(26)10-20-21(22(27)28)16(11-29-20)13-3-5-15(23)6-4-13/h2-8,11,18H,9-10H2,1H3,(H,27,28). The molecule has 7 heteroatoms. The Kier molecular flexibility index (Phi) is 6.73. The zero-order chi connectivity index (χ0) is 21.1. The molecule has 1 N–H and O–H groups in total. The summed E-state index contributed by atoms with van der Waals surface area (Å²) in [4.78, 5) is 24.6. The largest absolute Gasteiger partial charge is 0.478 e. The van der Waals surface area contributed by atoms with Gasteiger partial charge in [0.25, 0.3) is 0 Å². The number of hydrogen-bond donors (Lipinski definition) is 1. The predicted octanol–water partition coefficient (Wildman–Crippen LogP) is 6.42. The summed E-state index contributed by atoms with van der Waals surface area (Å²) in [5.74, 6) is -1.83. The molecule has 0 aliphatic rings. The number of rotatable bonds is 7. The molecular formula is C22H17Cl2FO3S. The van der Waals surface area contributed by atoms with Crippen LogP contribution >= 0.6 is 34.5 Å². The highest BCUT2D eigenvalue weighted by Crippen LogP contribution is 2.33. The number of carboxylic acid groups (broad SMARTS) is 1. The smallest absolute Gasteiger partial charge is 0.337 e. The Hall–Kier alpha value is -2.21. The first-order valence-corrected chi connectivity index (χ1v) is 10.4. The summed E-state index contributed by atoms with van der Waals surface area (Å²) in [6, 6.07) is 12.0. The van der Waals surface area contributed by atoms with Crippen LogP contribution in [-0.2, 0) is 17.6 Å². The number of alkyl halides is 1. The van der Waals surface area contributed by atoms with Crippen molar-refractivity contribution in [1.29, 1.82) is 0 Å². The lowest BCUT2D eigenvalue weighted by Crippen LogP contribution is -2.21. The van der Waals surface area contributed by atoms with E-state index in [9.17, 15) is 19.1 Å². The number of carbonyl (C=O) groups is 2. The molecule has 0 radical (unpaired) electrons. The van der Waals surface area contributed by atoms with Gasteiger partial charge in [-0.15, -0.1) is 11.3 Å². The van der Waals surface area contributed by atoms with E-state index in [-0.39, 0.29) is 18.4 Å². The fourth-order valence-corrected chi connectivity index (χ4v) is 4.42. The lowest BCUT2D eigenvalue weighted by Gasteiger charge is -2.10. The first kappa shape index (κ1) is 21.5. The van der Waals surface area contributed by atoms with Crippen molar-refractivity contribution in [3.63, 3.8) is 0 Å². The Morgan fingerprint density at radius 3 is 2.48 bits per heavy atom. The molecular weight excluding hydrogens is 434 g/mol. The Morgan fingerprint density at radius 2 is 1.83 bits per heavy atom. The van der Waals surface area contributed by atoms with Gasteiger partial charge in [0.05, 0.1) is 5.56 Å². The van der Waals surface area contributed by atoms with Crippen molar-refractivity contribution in [2.45, 2.75) is 25.9 Å². The van der Waals surface area contributed by atoms with Gasteiger partial charge >= 0.3 is 5.97 Å². The highest BCUT2D eigenvalue weighted by atomic mass is 35.5. The van der Waals surface area contributed by atoms with Crippen molar-refractivity contribution < 1.29 is 19.1 Å². The van der Waals surface area contributed by atoms with Gasteiger partial charge in [0.1, 0.15) is 0 Å². The third kappa shape index (κ3) is 5.04. The van der Waals surface area contributed by atoms with Crippen LogP contribution in [0, 0.1) is 6.92 Å². The molecule has 0 saturated heterocycles. The number of halogens is 3. The summed E-state index contributed by atoms with van der Waals surface area (Å²) in [6.45, 7) is 1.86. The van der Waals surface area contributed by atoms with Crippen molar-refractivity contribution in [3.05, 3.63) is 79.5 Å². The minimum atomic E-state index is -1.77. The highest BCUT2D eigenvalue weighted by Gasteiger charge is 2.25. The maximum atomic E-state index is 14.6. The van der Waals surface area contributed by atoms with Gasteiger partial charge in [0.15, 0.2) is 12.0 Å². The molecule has 0 amide bonds. The van der Waals surface area contributed by atoms with Crippen LogP contribution in [0.3, 0.4) is 0 Å². The molecule has 0 aliphatic heterocycles. The van der Waals surface area contributed by atoms with E-state index < -0.39 is 17.9 Å². The number of ketones is 1. The van der Waals surface area contributed by atoms with E-state index in [1.54, 1.807) is 41.8 Å². The number of aromatic carboxylic acids is 1. The van der Waals surface area contributed by atoms with Crippen LogP contribution in [0.15, 0.2) is 47.8 Å². The average molecular weight is 451 g/mol. The van der Waals surface area contributed by atoms with Crippen molar-refractivity contribution >= 4 is 46.3 Å². The first-order valence-electron chi connectivity index (χ1n) is 8.77. The highest BCUT2D eigenvalue weighted by molar-refractivity contribution is 7.11. The third-order valence-corrected chi connectivity index (χ3v) is 6.13. The van der Waals surface area contributed by atoms with Crippen LogP contribution in [0.2, 0.25) is 10.0 Å². The second-order valence-corrected chi connectivity index (χ2v) is 8.48. The molecule has 1 heterocycles. The number of carboxylic acids is 1. The first-order chi connectivity index (χ1) is 13.8. The van der Waals surface area contributed by atoms with Crippen LogP contribution in [-0.4, -0.2) is 23.0 Å². The van der Waals surface area contributed by atoms with E-state index in [4.69, 9.17) is 23.2 Å². The van der Waals surface area contributed by atoms with E-state index in [0.29, 0.717) is 31.6 Å². The lowest BCUT2D eigenvalue weighted by molar-refractivity contribution is -0.123. The van der Waals surface area contributed by atoms with Crippen molar-refractivity contribution in [1.82, 2.24) is 0 Å². The molecule has 3 nitrogen and oxygen atoms in total. The molecule has 0 aliphatic carbocycles. The zero-order valence-electron chi connectivity index (χ0n) is 15.4. The average Bonchev–Trinajstić information content (AvgIpc) is 3.09. The van der Waals surface area contributed by atoms with Crippen LogP contribution in [0.1, 0.15) is 26.4 Å². The molecule has 0 bridgehead atoms. The molecule has 150 valence electrons. The maximum Gasteiger partial charge on any atom is 0.337 e. The predicted molar refractivity (Wildman–Crippen MR) is 115 cm³/mol. The Labute approximate surface area is 181 Å². The van der Waals surface area contributed by atoms with Gasteiger partial charge in [0.2, 0.25) is 0 Å². The SMILES string of the molecule is Cc1ccc(Cl)c(CC(F)C(=O)Cc2scc(-c3ccc(Cl)cc3)c2C(=O)O)c1. The van der Waals surface area contributed by atoms with E-state index >= 15 is 0 Å². The van der Waals surface area contributed by atoms with Gasteiger partial charge in [-0.05, 0) is 41.6 Å². The minimum absolute atomic E-state index is 0.0199. The summed E-state index contributed by atoms with van der Waals surface area (Å²) in [7, 11) is 0. The molecule has 1 aromatic heterocycles. The minimum Gasteiger partial charge on any atom is -0.478 e. The summed E-state index contributed by atoms with van der Waals surface area (Å²) >= 11 is 13.1. The number of carbonyl (C=O) groups excluding carboxylic acids is 1.